The second-order valence-corrected chi connectivity index (χ2v) is 2.77. The molecule has 1 aromatic carbocycles. The molecular weight excluding hydrogens is 180 g/mol. The summed E-state index contributed by atoms with van der Waals surface area (Å²) < 4.78 is 5.29. The number of aliphatic hydroxyl groups is 1. The molecule has 0 amide bonds. The minimum absolute atomic E-state index is 0.390. The molecule has 0 saturated heterocycles. The first-order valence-electron chi connectivity index (χ1n) is 4.10. The van der Waals surface area contributed by atoms with Crippen LogP contribution in [0, 0.1) is 11.8 Å². The number of rotatable bonds is 0. The van der Waals surface area contributed by atoms with Crippen molar-refractivity contribution in [1.29, 1.82) is 0 Å². The lowest BCUT2D eigenvalue weighted by Crippen LogP contribution is -2.21. The molecule has 0 aliphatic heterocycles. The lowest BCUT2D eigenvalue weighted by molar-refractivity contribution is -0.459. The molecule has 3 heteroatoms. The van der Waals surface area contributed by atoms with Gasteiger partial charge in [-0.25, -0.2) is 0 Å². The molecule has 0 bridgehead atoms. The molecule has 2 rings (SSSR count). The SMILES string of the molecule is [O-]C(O)C#Cc1cc2ccccc2o1. The van der Waals surface area contributed by atoms with Crippen molar-refractivity contribution in [2.45, 2.75) is 6.29 Å². The van der Waals surface area contributed by atoms with E-state index < -0.39 is 6.29 Å². The second-order valence-electron chi connectivity index (χ2n) is 2.77. The maximum absolute atomic E-state index is 10.3. The van der Waals surface area contributed by atoms with Crippen molar-refractivity contribution in [3.05, 3.63) is 36.1 Å². The first kappa shape index (κ1) is 8.82. The van der Waals surface area contributed by atoms with E-state index in [-0.39, 0.29) is 0 Å². The molecule has 1 heterocycles. The highest BCUT2D eigenvalue weighted by Gasteiger charge is 1.98. The van der Waals surface area contributed by atoms with E-state index in [1.165, 1.54) is 0 Å². The molecule has 3 nitrogen and oxygen atoms in total. The molecule has 70 valence electrons. The first-order valence-corrected chi connectivity index (χ1v) is 4.10. The van der Waals surface area contributed by atoms with Crippen LogP contribution in [0.25, 0.3) is 11.0 Å². The van der Waals surface area contributed by atoms with Crippen molar-refractivity contribution >= 4 is 11.0 Å². The van der Waals surface area contributed by atoms with Gasteiger partial charge in [-0.05, 0) is 12.0 Å². The molecule has 1 atom stereocenters. The predicted octanol–water partition coefficient (Wildman–Crippen LogP) is 0.463. The van der Waals surface area contributed by atoms with Gasteiger partial charge in [0.15, 0.2) is 5.76 Å². The maximum atomic E-state index is 10.3. The van der Waals surface area contributed by atoms with Crippen molar-refractivity contribution in [2.24, 2.45) is 0 Å². The van der Waals surface area contributed by atoms with Gasteiger partial charge < -0.3 is 14.6 Å². The van der Waals surface area contributed by atoms with Gasteiger partial charge in [-0.2, -0.15) is 0 Å². The molecule has 1 aromatic heterocycles. The van der Waals surface area contributed by atoms with E-state index in [0.29, 0.717) is 5.76 Å². The summed E-state index contributed by atoms with van der Waals surface area (Å²) in [5.41, 5.74) is 0.720. The van der Waals surface area contributed by atoms with Gasteiger partial charge in [0, 0.05) is 17.7 Å². The Kier molecular flexibility index (Phi) is 2.23. The third kappa shape index (κ3) is 1.77. The third-order valence-corrected chi connectivity index (χ3v) is 1.74. The summed E-state index contributed by atoms with van der Waals surface area (Å²) in [6, 6.07) is 9.17. The van der Waals surface area contributed by atoms with Crippen LogP contribution in [0.1, 0.15) is 5.76 Å². The van der Waals surface area contributed by atoms with Gasteiger partial charge in [-0.3, -0.25) is 0 Å². The number of fused-ring (bicyclic) bond motifs is 1. The summed E-state index contributed by atoms with van der Waals surface area (Å²) in [6.07, 6.45) is -1.87. The third-order valence-electron chi connectivity index (χ3n) is 1.74. The number of benzene rings is 1. The summed E-state index contributed by atoms with van der Waals surface area (Å²) in [6.45, 7) is 0. The van der Waals surface area contributed by atoms with Gasteiger partial charge >= 0.3 is 0 Å². The van der Waals surface area contributed by atoms with Crippen LogP contribution in [-0.4, -0.2) is 11.4 Å². The molecular formula is C11H7O3-. The number of hydrogen-bond acceptors (Lipinski definition) is 3. The van der Waals surface area contributed by atoms with Crippen molar-refractivity contribution in [2.75, 3.05) is 0 Å². The fourth-order valence-corrected chi connectivity index (χ4v) is 1.18. The Morgan fingerprint density at radius 2 is 2.14 bits per heavy atom. The summed E-state index contributed by atoms with van der Waals surface area (Å²) >= 11 is 0. The molecule has 1 N–H and O–H groups in total. The van der Waals surface area contributed by atoms with Gasteiger partial charge in [-0.15, -0.1) is 0 Å². The normalized spacial score (nSPS) is 12.1. The van der Waals surface area contributed by atoms with Gasteiger partial charge in [0.1, 0.15) is 5.58 Å². The second kappa shape index (κ2) is 3.54. The standard InChI is InChI=1S/C11H7O3/c12-11(13)6-5-9-7-8-3-1-2-4-10(8)14-9/h1-4,7,11-12H/q-1. The van der Waals surface area contributed by atoms with E-state index in [4.69, 9.17) is 9.52 Å². The zero-order chi connectivity index (χ0) is 9.97. The maximum Gasteiger partial charge on any atom is 0.178 e. The Hall–Kier alpha value is -1.76. The van der Waals surface area contributed by atoms with Crippen LogP contribution in [0.3, 0.4) is 0 Å². The zero-order valence-electron chi connectivity index (χ0n) is 7.23. The average Bonchev–Trinajstić information content (AvgIpc) is 2.57. The van der Waals surface area contributed by atoms with E-state index in [0.717, 1.165) is 11.0 Å². The van der Waals surface area contributed by atoms with E-state index in [1.807, 2.05) is 24.3 Å². The van der Waals surface area contributed by atoms with Crippen LogP contribution in [0.2, 0.25) is 0 Å². The highest BCUT2D eigenvalue weighted by atomic mass is 16.5. The smallest absolute Gasteiger partial charge is 0.178 e. The first-order chi connectivity index (χ1) is 6.75. The summed E-state index contributed by atoms with van der Waals surface area (Å²) in [7, 11) is 0. The Balaban J connectivity index is 2.42. The van der Waals surface area contributed by atoms with Crippen molar-refractivity contribution in [1.82, 2.24) is 0 Å². The Morgan fingerprint density at radius 1 is 1.36 bits per heavy atom. The predicted molar refractivity (Wildman–Crippen MR) is 49.1 cm³/mol. The summed E-state index contributed by atoms with van der Waals surface area (Å²) in [5.74, 6) is 4.92. The van der Waals surface area contributed by atoms with Crippen molar-refractivity contribution < 1.29 is 14.6 Å². The molecule has 1 unspecified atom stereocenters. The molecule has 0 aliphatic rings. The fourth-order valence-electron chi connectivity index (χ4n) is 1.18. The van der Waals surface area contributed by atoms with Gasteiger partial charge in [-0.1, -0.05) is 24.1 Å². The molecule has 14 heavy (non-hydrogen) atoms. The van der Waals surface area contributed by atoms with Crippen LogP contribution in [0.5, 0.6) is 0 Å². The fraction of sp³-hybridized carbons (Fsp3) is 0.0909. The molecule has 0 aliphatic carbocycles. The van der Waals surface area contributed by atoms with Crippen LogP contribution in [-0.2, 0) is 0 Å². The average molecular weight is 187 g/mol. The topological polar surface area (TPSA) is 56.4 Å². The Labute approximate surface area is 80.6 Å². The van der Waals surface area contributed by atoms with E-state index in [9.17, 15) is 5.11 Å². The molecule has 0 fully saturated rings. The quantitative estimate of drug-likeness (QED) is 0.481. The van der Waals surface area contributed by atoms with Crippen molar-refractivity contribution in [3.63, 3.8) is 0 Å². The van der Waals surface area contributed by atoms with Crippen LogP contribution >= 0.6 is 0 Å². The number of furan rings is 1. The molecule has 0 saturated carbocycles. The minimum Gasteiger partial charge on any atom is -0.821 e. The van der Waals surface area contributed by atoms with E-state index in [2.05, 4.69) is 11.8 Å². The zero-order valence-corrected chi connectivity index (χ0v) is 7.23. The Morgan fingerprint density at radius 3 is 2.86 bits per heavy atom. The van der Waals surface area contributed by atoms with Crippen LogP contribution in [0.4, 0.5) is 0 Å². The number of hydrogen-bond donors (Lipinski definition) is 1. The van der Waals surface area contributed by atoms with Gasteiger partial charge in [0.05, 0.1) is 0 Å². The van der Waals surface area contributed by atoms with Gasteiger partial charge in [0.25, 0.3) is 0 Å². The largest absolute Gasteiger partial charge is 0.821 e. The monoisotopic (exact) mass is 187 g/mol. The minimum atomic E-state index is -1.87. The highest BCUT2D eigenvalue weighted by molar-refractivity contribution is 5.78. The van der Waals surface area contributed by atoms with Crippen LogP contribution < -0.4 is 5.11 Å². The molecule has 2 aromatic rings. The van der Waals surface area contributed by atoms with Gasteiger partial charge in [0.2, 0.25) is 0 Å². The lowest BCUT2D eigenvalue weighted by atomic mass is 10.2. The molecule has 0 radical (unpaired) electrons. The number of aliphatic hydroxyl groups excluding tert-OH is 1. The highest BCUT2D eigenvalue weighted by Crippen LogP contribution is 2.17. The Bertz CT molecular complexity index is 467. The summed E-state index contributed by atoms with van der Waals surface area (Å²) in [5, 5.41) is 19.6. The van der Waals surface area contributed by atoms with E-state index in [1.54, 1.807) is 6.07 Å². The summed E-state index contributed by atoms with van der Waals surface area (Å²) in [4.78, 5) is 0. The molecule has 0 spiro atoms. The van der Waals surface area contributed by atoms with E-state index >= 15 is 0 Å². The van der Waals surface area contributed by atoms with Crippen molar-refractivity contribution in [3.8, 4) is 11.8 Å². The van der Waals surface area contributed by atoms with Crippen LogP contribution in [0.15, 0.2) is 34.7 Å². The lowest BCUT2D eigenvalue weighted by Gasteiger charge is -2.01. The number of para-hydroxylation sites is 1.